The van der Waals surface area contributed by atoms with Crippen LogP contribution in [0.4, 0.5) is 5.69 Å². The summed E-state index contributed by atoms with van der Waals surface area (Å²) in [6.07, 6.45) is 0.178. The first-order valence-electron chi connectivity index (χ1n) is 7.70. The van der Waals surface area contributed by atoms with Crippen molar-refractivity contribution >= 4 is 52.3 Å². The minimum absolute atomic E-state index is 0.0488. The maximum atomic E-state index is 12.5. The fraction of sp³-hybridized carbons (Fsp3) is 0.222. The van der Waals surface area contributed by atoms with Gasteiger partial charge in [-0.1, -0.05) is 46.9 Å². The number of rotatable bonds is 4. The topological polar surface area (TPSA) is 49.4 Å². The van der Waals surface area contributed by atoms with Crippen LogP contribution in [0.5, 0.6) is 0 Å². The third kappa shape index (κ3) is 4.46. The number of nitrogens with one attached hydrogen (secondary N) is 1. The monoisotopic (exact) mass is 396 g/mol. The zero-order valence-corrected chi connectivity index (χ0v) is 15.4. The standard InChI is InChI=1S/C18H15Cl3N2O2/c19-13-3-1-11(2-4-13)9-23-10-12(7-17(23)24)18(25)22-16-8-14(20)5-6-15(16)21/h1-6,8,12H,7,9-10H2,(H,22,25). The van der Waals surface area contributed by atoms with Gasteiger partial charge in [0, 0.05) is 29.6 Å². The van der Waals surface area contributed by atoms with Crippen molar-refractivity contribution in [2.45, 2.75) is 13.0 Å². The number of benzene rings is 2. The average Bonchev–Trinajstić information content (AvgIpc) is 2.94. The molecule has 0 radical (unpaired) electrons. The van der Waals surface area contributed by atoms with E-state index in [0.717, 1.165) is 5.56 Å². The lowest BCUT2D eigenvalue weighted by Crippen LogP contribution is -2.28. The van der Waals surface area contributed by atoms with Gasteiger partial charge >= 0.3 is 0 Å². The second kappa shape index (κ2) is 7.65. The van der Waals surface area contributed by atoms with Crippen LogP contribution in [0.3, 0.4) is 0 Å². The third-order valence-electron chi connectivity index (χ3n) is 4.06. The van der Waals surface area contributed by atoms with Crippen molar-refractivity contribution in [2.75, 3.05) is 11.9 Å². The van der Waals surface area contributed by atoms with Gasteiger partial charge in [0.15, 0.2) is 0 Å². The molecule has 1 aliphatic rings. The molecule has 0 spiro atoms. The predicted molar refractivity (Wildman–Crippen MR) is 100 cm³/mol. The summed E-state index contributed by atoms with van der Waals surface area (Å²) in [7, 11) is 0. The lowest BCUT2D eigenvalue weighted by Gasteiger charge is -2.17. The van der Waals surface area contributed by atoms with Gasteiger partial charge in [-0.05, 0) is 35.9 Å². The normalized spacial score (nSPS) is 17.0. The van der Waals surface area contributed by atoms with E-state index in [9.17, 15) is 9.59 Å². The van der Waals surface area contributed by atoms with Gasteiger partial charge in [0.2, 0.25) is 11.8 Å². The van der Waals surface area contributed by atoms with Crippen LogP contribution in [0.25, 0.3) is 0 Å². The molecule has 1 unspecified atom stereocenters. The molecule has 4 nitrogen and oxygen atoms in total. The van der Waals surface area contributed by atoms with Gasteiger partial charge in [-0.25, -0.2) is 0 Å². The summed E-state index contributed by atoms with van der Waals surface area (Å²) < 4.78 is 0. The van der Waals surface area contributed by atoms with Crippen molar-refractivity contribution in [1.29, 1.82) is 0 Å². The molecule has 25 heavy (non-hydrogen) atoms. The highest BCUT2D eigenvalue weighted by Gasteiger charge is 2.34. The number of anilines is 1. The number of likely N-dealkylation sites (tertiary alicyclic amines) is 1. The van der Waals surface area contributed by atoms with E-state index < -0.39 is 5.92 Å². The van der Waals surface area contributed by atoms with Crippen molar-refractivity contribution in [3.63, 3.8) is 0 Å². The molecule has 0 bridgehead atoms. The summed E-state index contributed by atoms with van der Waals surface area (Å²) in [6, 6.07) is 12.2. The Morgan fingerprint density at radius 1 is 1.08 bits per heavy atom. The molecule has 1 N–H and O–H groups in total. The summed E-state index contributed by atoms with van der Waals surface area (Å²) in [6.45, 7) is 0.823. The SMILES string of the molecule is O=C(Nc1cc(Cl)ccc1Cl)C1CC(=O)N(Cc2ccc(Cl)cc2)C1. The highest BCUT2D eigenvalue weighted by Crippen LogP contribution is 2.28. The summed E-state index contributed by atoms with van der Waals surface area (Å²) >= 11 is 17.9. The molecule has 1 fully saturated rings. The molecule has 3 rings (SSSR count). The number of carbonyl (C=O) groups is 2. The van der Waals surface area contributed by atoms with Crippen LogP contribution in [-0.2, 0) is 16.1 Å². The lowest BCUT2D eigenvalue weighted by molar-refractivity contribution is -0.128. The van der Waals surface area contributed by atoms with E-state index >= 15 is 0 Å². The largest absolute Gasteiger partial charge is 0.338 e. The zero-order chi connectivity index (χ0) is 18.0. The van der Waals surface area contributed by atoms with Crippen LogP contribution in [0.15, 0.2) is 42.5 Å². The summed E-state index contributed by atoms with van der Waals surface area (Å²) in [5.41, 5.74) is 1.42. The fourth-order valence-corrected chi connectivity index (χ4v) is 3.20. The Bertz CT molecular complexity index is 808. The molecule has 0 aromatic heterocycles. The minimum Gasteiger partial charge on any atom is -0.338 e. The number of halogens is 3. The lowest BCUT2D eigenvalue weighted by atomic mass is 10.1. The summed E-state index contributed by atoms with van der Waals surface area (Å²) in [5, 5.41) is 4.28. The molecule has 0 aliphatic carbocycles. The molecular weight excluding hydrogens is 383 g/mol. The fourth-order valence-electron chi connectivity index (χ4n) is 2.74. The Kier molecular flexibility index (Phi) is 5.52. The Morgan fingerprint density at radius 3 is 2.48 bits per heavy atom. The Morgan fingerprint density at radius 2 is 1.76 bits per heavy atom. The van der Waals surface area contributed by atoms with Gasteiger partial charge in [0.05, 0.1) is 16.6 Å². The quantitative estimate of drug-likeness (QED) is 0.817. The van der Waals surface area contributed by atoms with Crippen LogP contribution in [0.2, 0.25) is 15.1 Å². The smallest absolute Gasteiger partial charge is 0.229 e. The minimum atomic E-state index is -0.421. The number of nitrogens with zero attached hydrogens (tertiary/aromatic N) is 1. The van der Waals surface area contributed by atoms with E-state index in [-0.39, 0.29) is 18.2 Å². The Labute approximate surface area is 160 Å². The first-order valence-corrected chi connectivity index (χ1v) is 8.84. The molecule has 2 amide bonds. The van der Waals surface area contributed by atoms with Crippen LogP contribution < -0.4 is 5.32 Å². The van der Waals surface area contributed by atoms with Crippen molar-refractivity contribution in [2.24, 2.45) is 5.92 Å². The third-order valence-corrected chi connectivity index (χ3v) is 4.87. The molecule has 7 heteroatoms. The van der Waals surface area contributed by atoms with Gasteiger partial charge in [-0.15, -0.1) is 0 Å². The van der Waals surface area contributed by atoms with Crippen LogP contribution in [0, 0.1) is 5.92 Å². The average molecular weight is 398 g/mol. The number of hydrogen-bond acceptors (Lipinski definition) is 2. The molecule has 2 aromatic rings. The van der Waals surface area contributed by atoms with E-state index in [2.05, 4.69) is 5.32 Å². The van der Waals surface area contributed by atoms with Gasteiger partial charge < -0.3 is 10.2 Å². The molecule has 1 heterocycles. The highest BCUT2D eigenvalue weighted by atomic mass is 35.5. The number of amides is 2. The van der Waals surface area contributed by atoms with E-state index in [4.69, 9.17) is 34.8 Å². The molecular formula is C18H15Cl3N2O2. The number of carbonyl (C=O) groups excluding carboxylic acids is 2. The summed E-state index contributed by atoms with van der Waals surface area (Å²) in [5.74, 6) is -0.710. The van der Waals surface area contributed by atoms with E-state index in [1.807, 2.05) is 12.1 Å². The van der Waals surface area contributed by atoms with Crippen molar-refractivity contribution in [3.8, 4) is 0 Å². The first kappa shape index (κ1) is 18.1. The van der Waals surface area contributed by atoms with Crippen molar-refractivity contribution in [3.05, 3.63) is 63.1 Å². The van der Waals surface area contributed by atoms with Gasteiger partial charge in [-0.3, -0.25) is 9.59 Å². The van der Waals surface area contributed by atoms with Crippen LogP contribution in [-0.4, -0.2) is 23.3 Å². The molecule has 1 saturated heterocycles. The predicted octanol–water partition coefficient (Wildman–Crippen LogP) is 4.63. The summed E-state index contributed by atoms with van der Waals surface area (Å²) in [4.78, 5) is 26.3. The van der Waals surface area contributed by atoms with Crippen LogP contribution >= 0.6 is 34.8 Å². The highest BCUT2D eigenvalue weighted by molar-refractivity contribution is 6.35. The van der Waals surface area contributed by atoms with Gasteiger partial charge in [0.1, 0.15) is 0 Å². The molecule has 0 saturated carbocycles. The molecule has 2 aromatic carbocycles. The van der Waals surface area contributed by atoms with Crippen molar-refractivity contribution in [1.82, 2.24) is 4.90 Å². The maximum absolute atomic E-state index is 12.5. The zero-order valence-electron chi connectivity index (χ0n) is 13.1. The Hall–Kier alpha value is -1.75. The van der Waals surface area contributed by atoms with E-state index in [1.165, 1.54) is 0 Å². The molecule has 130 valence electrons. The number of hydrogen-bond donors (Lipinski definition) is 1. The van der Waals surface area contributed by atoms with Gasteiger partial charge in [-0.2, -0.15) is 0 Å². The van der Waals surface area contributed by atoms with Gasteiger partial charge in [0.25, 0.3) is 0 Å². The Balaban J connectivity index is 1.64. The van der Waals surface area contributed by atoms with Crippen molar-refractivity contribution < 1.29 is 9.59 Å². The molecule has 1 aliphatic heterocycles. The van der Waals surface area contributed by atoms with E-state index in [0.29, 0.717) is 33.8 Å². The second-order valence-corrected chi connectivity index (χ2v) is 7.20. The second-order valence-electron chi connectivity index (χ2n) is 5.92. The maximum Gasteiger partial charge on any atom is 0.229 e. The molecule has 1 atom stereocenters. The first-order chi connectivity index (χ1) is 11.9. The van der Waals surface area contributed by atoms with E-state index in [1.54, 1.807) is 35.2 Å². The van der Waals surface area contributed by atoms with Crippen LogP contribution in [0.1, 0.15) is 12.0 Å².